The van der Waals surface area contributed by atoms with Crippen LogP contribution in [0.15, 0.2) is 30.3 Å². The Bertz CT molecular complexity index is 458. The van der Waals surface area contributed by atoms with Crippen LogP contribution in [-0.4, -0.2) is 36.5 Å². The van der Waals surface area contributed by atoms with Gasteiger partial charge in [-0.15, -0.1) is 0 Å². The Balaban J connectivity index is 2.01. The summed E-state index contributed by atoms with van der Waals surface area (Å²) in [6, 6.07) is 10.3. The lowest BCUT2D eigenvalue weighted by atomic mass is 9.91. The minimum atomic E-state index is -0.978. The summed E-state index contributed by atoms with van der Waals surface area (Å²) in [4.78, 5) is 14.8. The van der Waals surface area contributed by atoms with E-state index in [9.17, 15) is 4.79 Å². The Morgan fingerprint density at radius 3 is 2.65 bits per heavy atom. The van der Waals surface area contributed by atoms with E-state index in [1.54, 1.807) is 6.92 Å². The minimum absolute atomic E-state index is 0.0922. The van der Waals surface area contributed by atoms with Crippen molar-refractivity contribution in [3.05, 3.63) is 35.9 Å². The van der Waals surface area contributed by atoms with Gasteiger partial charge in [0.25, 0.3) is 0 Å². The number of likely N-dealkylation sites (tertiary alicyclic amines) is 1. The number of hydrogen-bond acceptors (Lipinski definition) is 3. The van der Waals surface area contributed by atoms with Crippen LogP contribution >= 0.6 is 0 Å². The molecule has 0 aliphatic carbocycles. The lowest BCUT2D eigenvalue weighted by Gasteiger charge is -2.36. The molecule has 1 aromatic rings. The second-order valence-corrected chi connectivity index (χ2v) is 6.09. The molecule has 1 amide bonds. The number of piperidine rings is 1. The molecule has 1 aromatic carbocycles. The fraction of sp³-hybridized carbons (Fsp3) is 0.562. The van der Waals surface area contributed by atoms with Crippen molar-refractivity contribution in [1.29, 1.82) is 0 Å². The summed E-state index contributed by atoms with van der Waals surface area (Å²) >= 11 is 0. The highest BCUT2D eigenvalue weighted by Gasteiger charge is 2.33. The quantitative estimate of drug-likeness (QED) is 0.878. The third-order valence-corrected chi connectivity index (χ3v) is 4.39. The van der Waals surface area contributed by atoms with Crippen molar-refractivity contribution >= 4 is 5.91 Å². The van der Waals surface area contributed by atoms with E-state index in [-0.39, 0.29) is 11.9 Å². The van der Waals surface area contributed by atoms with Crippen molar-refractivity contribution < 1.29 is 4.79 Å². The fourth-order valence-corrected chi connectivity index (χ4v) is 2.67. The van der Waals surface area contributed by atoms with E-state index in [1.807, 2.05) is 30.3 Å². The zero-order valence-electron chi connectivity index (χ0n) is 12.6. The zero-order valence-corrected chi connectivity index (χ0v) is 12.6. The first-order chi connectivity index (χ1) is 9.41. The topological polar surface area (TPSA) is 58.4 Å². The molecule has 1 heterocycles. The number of hydrogen-bond donors (Lipinski definition) is 2. The van der Waals surface area contributed by atoms with Crippen molar-refractivity contribution in [2.45, 2.75) is 44.3 Å². The van der Waals surface area contributed by atoms with Crippen LogP contribution in [0.25, 0.3) is 0 Å². The summed E-state index contributed by atoms with van der Waals surface area (Å²) in [6.07, 6.45) is 1.96. The average molecular weight is 275 g/mol. The van der Waals surface area contributed by atoms with Crippen LogP contribution in [0.4, 0.5) is 0 Å². The maximum atomic E-state index is 12.5. The van der Waals surface area contributed by atoms with E-state index < -0.39 is 5.54 Å². The number of nitrogens with zero attached hydrogens (tertiary/aromatic N) is 1. The van der Waals surface area contributed by atoms with Gasteiger partial charge in [0.05, 0.1) is 0 Å². The van der Waals surface area contributed by atoms with Gasteiger partial charge in [-0.05, 0) is 39.3 Å². The summed E-state index contributed by atoms with van der Waals surface area (Å²) in [5.41, 5.74) is 6.11. The number of nitrogens with one attached hydrogen (secondary N) is 1. The molecule has 1 aliphatic rings. The summed E-state index contributed by atoms with van der Waals surface area (Å²) in [5, 5.41) is 3.12. The third-order valence-electron chi connectivity index (χ3n) is 4.39. The number of carbonyl (C=O) groups excluding carboxylic acids is 1. The second kappa shape index (κ2) is 5.94. The molecule has 3 N–H and O–H groups in total. The molecular formula is C16H25N3O. The van der Waals surface area contributed by atoms with Gasteiger partial charge in [-0.1, -0.05) is 30.3 Å². The molecule has 0 bridgehead atoms. The predicted molar refractivity (Wildman–Crippen MR) is 81.2 cm³/mol. The summed E-state index contributed by atoms with van der Waals surface area (Å²) < 4.78 is 0. The Morgan fingerprint density at radius 1 is 1.40 bits per heavy atom. The highest BCUT2D eigenvalue weighted by Crippen LogP contribution is 2.20. The van der Waals surface area contributed by atoms with Gasteiger partial charge in [0.2, 0.25) is 5.91 Å². The molecule has 4 nitrogen and oxygen atoms in total. The molecule has 3 atom stereocenters. The van der Waals surface area contributed by atoms with Gasteiger partial charge in [0.1, 0.15) is 5.54 Å². The van der Waals surface area contributed by atoms with Crippen molar-refractivity contribution in [3.63, 3.8) is 0 Å². The van der Waals surface area contributed by atoms with Gasteiger partial charge in [-0.25, -0.2) is 0 Å². The van der Waals surface area contributed by atoms with Crippen LogP contribution in [-0.2, 0) is 10.3 Å². The van der Waals surface area contributed by atoms with Gasteiger partial charge < -0.3 is 16.0 Å². The normalized spacial score (nSPS) is 26.8. The smallest absolute Gasteiger partial charge is 0.244 e. The fourth-order valence-electron chi connectivity index (χ4n) is 2.67. The van der Waals surface area contributed by atoms with Crippen LogP contribution in [0.3, 0.4) is 0 Å². The Morgan fingerprint density at radius 2 is 2.05 bits per heavy atom. The number of rotatable bonds is 3. The molecule has 0 radical (unpaired) electrons. The molecule has 1 aliphatic heterocycles. The van der Waals surface area contributed by atoms with E-state index in [4.69, 9.17) is 5.73 Å². The standard InChI is InChI=1S/C16H25N3O/c1-12-11-14(9-10-19(12)3)18-15(20)16(2,17)13-7-5-4-6-8-13/h4-8,12,14H,9-11,17H2,1-3H3,(H,18,20). The average Bonchev–Trinajstić information content (AvgIpc) is 2.44. The summed E-state index contributed by atoms with van der Waals surface area (Å²) in [6.45, 7) is 4.98. The number of benzene rings is 1. The van der Waals surface area contributed by atoms with Crippen molar-refractivity contribution in [2.24, 2.45) is 5.73 Å². The lowest BCUT2D eigenvalue weighted by Crippen LogP contribution is -2.55. The minimum Gasteiger partial charge on any atom is -0.351 e. The molecule has 0 spiro atoms. The van der Waals surface area contributed by atoms with Crippen LogP contribution in [0.1, 0.15) is 32.3 Å². The third kappa shape index (κ3) is 3.19. The van der Waals surface area contributed by atoms with Gasteiger partial charge in [-0.3, -0.25) is 4.79 Å². The maximum Gasteiger partial charge on any atom is 0.244 e. The lowest BCUT2D eigenvalue weighted by molar-refractivity contribution is -0.127. The Kier molecular flexibility index (Phi) is 4.45. The van der Waals surface area contributed by atoms with Crippen molar-refractivity contribution in [3.8, 4) is 0 Å². The van der Waals surface area contributed by atoms with Gasteiger partial charge in [0.15, 0.2) is 0 Å². The van der Waals surface area contributed by atoms with Crippen LogP contribution < -0.4 is 11.1 Å². The summed E-state index contributed by atoms with van der Waals surface area (Å²) in [5.74, 6) is -0.0922. The molecular weight excluding hydrogens is 250 g/mol. The maximum absolute atomic E-state index is 12.5. The highest BCUT2D eigenvalue weighted by atomic mass is 16.2. The van der Waals surface area contributed by atoms with E-state index in [0.29, 0.717) is 6.04 Å². The van der Waals surface area contributed by atoms with Crippen molar-refractivity contribution in [2.75, 3.05) is 13.6 Å². The molecule has 2 rings (SSSR count). The zero-order chi connectivity index (χ0) is 14.8. The SMILES string of the molecule is CC1CC(NC(=O)C(C)(N)c2ccccc2)CCN1C. The number of nitrogens with two attached hydrogens (primary N) is 1. The molecule has 1 saturated heterocycles. The largest absolute Gasteiger partial charge is 0.351 e. The van der Waals surface area contributed by atoms with E-state index >= 15 is 0 Å². The van der Waals surface area contributed by atoms with Crippen LogP contribution in [0, 0.1) is 0 Å². The first-order valence-corrected chi connectivity index (χ1v) is 7.27. The molecule has 0 saturated carbocycles. The van der Waals surface area contributed by atoms with Gasteiger partial charge in [-0.2, -0.15) is 0 Å². The van der Waals surface area contributed by atoms with Gasteiger partial charge in [0, 0.05) is 18.6 Å². The van der Waals surface area contributed by atoms with Crippen LogP contribution in [0.5, 0.6) is 0 Å². The summed E-state index contributed by atoms with van der Waals surface area (Å²) in [7, 11) is 2.12. The molecule has 4 heteroatoms. The monoisotopic (exact) mass is 275 g/mol. The molecule has 1 fully saturated rings. The molecule has 20 heavy (non-hydrogen) atoms. The van der Waals surface area contributed by atoms with Crippen LogP contribution in [0.2, 0.25) is 0 Å². The Labute approximate surface area is 121 Å². The molecule has 110 valence electrons. The Hall–Kier alpha value is -1.39. The van der Waals surface area contributed by atoms with E-state index in [0.717, 1.165) is 24.9 Å². The molecule has 3 unspecified atom stereocenters. The first kappa shape index (κ1) is 15.0. The molecule has 0 aromatic heterocycles. The van der Waals surface area contributed by atoms with Gasteiger partial charge >= 0.3 is 0 Å². The predicted octanol–water partition coefficient (Wildman–Crippen LogP) is 1.46. The number of carbonyl (C=O) groups is 1. The first-order valence-electron chi connectivity index (χ1n) is 7.27. The highest BCUT2D eigenvalue weighted by molar-refractivity contribution is 5.87. The van der Waals surface area contributed by atoms with E-state index in [1.165, 1.54) is 0 Å². The van der Waals surface area contributed by atoms with Crippen molar-refractivity contribution in [1.82, 2.24) is 10.2 Å². The number of amides is 1. The second-order valence-electron chi connectivity index (χ2n) is 6.09. The van der Waals surface area contributed by atoms with E-state index in [2.05, 4.69) is 24.2 Å².